The molecule has 26 heavy (non-hydrogen) atoms. The lowest BCUT2D eigenvalue weighted by molar-refractivity contribution is -0.122. The van der Waals surface area contributed by atoms with Gasteiger partial charge in [0.15, 0.2) is 0 Å². The van der Waals surface area contributed by atoms with E-state index in [1.165, 1.54) is 0 Å². The van der Waals surface area contributed by atoms with Crippen molar-refractivity contribution in [1.82, 2.24) is 24.9 Å². The van der Waals surface area contributed by atoms with E-state index in [9.17, 15) is 9.59 Å². The van der Waals surface area contributed by atoms with E-state index in [0.717, 1.165) is 11.4 Å². The van der Waals surface area contributed by atoms with Crippen molar-refractivity contribution >= 4 is 11.8 Å². The Morgan fingerprint density at radius 1 is 1.12 bits per heavy atom. The second kappa shape index (κ2) is 8.14. The maximum Gasteiger partial charge on any atom is 0.257 e. The standard InChI is InChI=1S/C19H25N5O2/c1-3-20-18(25)14-22-9-11-23(12-10-22)19(26)17-13-21-24(15(17)2)16-7-5-4-6-8-16/h4-8,13H,3,9-12,14H2,1-2H3,(H,20,25). The van der Waals surface area contributed by atoms with E-state index in [0.29, 0.717) is 44.8 Å². The average Bonchev–Trinajstić information content (AvgIpc) is 3.04. The Bertz CT molecular complexity index is 763. The number of likely N-dealkylation sites (N-methyl/N-ethyl adjacent to an activating group) is 1. The molecule has 7 nitrogen and oxygen atoms in total. The molecule has 138 valence electrons. The molecule has 1 aromatic carbocycles. The van der Waals surface area contributed by atoms with Crippen LogP contribution in [0, 0.1) is 6.92 Å². The lowest BCUT2D eigenvalue weighted by atomic mass is 10.2. The van der Waals surface area contributed by atoms with Gasteiger partial charge in [0.05, 0.1) is 29.7 Å². The van der Waals surface area contributed by atoms with Crippen LogP contribution < -0.4 is 5.32 Å². The Kier molecular flexibility index (Phi) is 5.68. The van der Waals surface area contributed by atoms with Crippen molar-refractivity contribution in [1.29, 1.82) is 0 Å². The minimum atomic E-state index is 0.00217. The number of para-hydroxylation sites is 1. The van der Waals surface area contributed by atoms with Crippen LogP contribution in [0.2, 0.25) is 0 Å². The molecule has 0 spiro atoms. The fourth-order valence-corrected chi connectivity index (χ4v) is 3.18. The summed E-state index contributed by atoms with van der Waals surface area (Å²) < 4.78 is 1.79. The van der Waals surface area contributed by atoms with Crippen LogP contribution in [0.5, 0.6) is 0 Å². The minimum absolute atomic E-state index is 0.00217. The van der Waals surface area contributed by atoms with Gasteiger partial charge in [-0.1, -0.05) is 18.2 Å². The summed E-state index contributed by atoms with van der Waals surface area (Å²) in [5.74, 6) is 0.0367. The summed E-state index contributed by atoms with van der Waals surface area (Å²) in [7, 11) is 0. The van der Waals surface area contributed by atoms with E-state index in [2.05, 4.69) is 15.3 Å². The summed E-state index contributed by atoms with van der Waals surface area (Å²) in [6, 6.07) is 9.79. The molecule has 1 saturated heterocycles. The number of carbonyl (C=O) groups excluding carboxylic acids is 2. The molecule has 2 heterocycles. The molecule has 0 unspecified atom stereocenters. The molecule has 0 aliphatic carbocycles. The predicted molar refractivity (Wildman–Crippen MR) is 99.3 cm³/mol. The second-order valence-electron chi connectivity index (χ2n) is 6.41. The van der Waals surface area contributed by atoms with E-state index in [-0.39, 0.29) is 11.8 Å². The van der Waals surface area contributed by atoms with Gasteiger partial charge in [-0.2, -0.15) is 5.10 Å². The molecular formula is C19H25N5O2. The van der Waals surface area contributed by atoms with Gasteiger partial charge in [-0.15, -0.1) is 0 Å². The molecule has 2 aromatic rings. The van der Waals surface area contributed by atoms with Gasteiger partial charge < -0.3 is 10.2 Å². The molecule has 1 aliphatic rings. The van der Waals surface area contributed by atoms with Crippen LogP contribution >= 0.6 is 0 Å². The van der Waals surface area contributed by atoms with Crippen LogP contribution in [0.1, 0.15) is 23.0 Å². The van der Waals surface area contributed by atoms with E-state index in [1.807, 2.05) is 49.1 Å². The predicted octanol–water partition coefficient (Wildman–Crippen LogP) is 1.07. The van der Waals surface area contributed by atoms with Crippen molar-refractivity contribution < 1.29 is 9.59 Å². The zero-order valence-corrected chi connectivity index (χ0v) is 15.3. The smallest absolute Gasteiger partial charge is 0.257 e. The molecule has 0 saturated carbocycles. The molecule has 1 N–H and O–H groups in total. The molecule has 7 heteroatoms. The monoisotopic (exact) mass is 355 g/mol. The Balaban J connectivity index is 1.63. The van der Waals surface area contributed by atoms with E-state index in [4.69, 9.17) is 0 Å². The van der Waals surface area contributed by atoms with Crippen molar-refractivity contribution in [3.05, 3.63) is 47.8 Å². The molecule has 2 amide bonds. The van der Waals surface area contributed by atoms with Gasteiger partial charge in [-0.25, -0.2) is 4.68 Å². The largest absolute Gasteiger partial charge is 0.355 e. The Labute approximate surface area is 153 Å². The first-order valence-corrected chi connectivity index (χ1v) is 8.98. The zero-order valence-electron chi connectivity index (χ0n) is 15.3. The second-order valence-corrected chi connectivity index (χ2v) is 6.41. The number of benzene rings is 1. The van der Waals surface area contributed by atoms with Gasteiger partial charge in [-0.3, -0.25) is 14.5 Å². The third kappa shape index (κ3) is 3.94. The zero-order chi connectivity index (χ0) is 18.5. The summed E-state index contributed by atoms with van der Waals surface area (Å²) in [6.07, 6.45) is 1.64. The Morgan fingerprint density at radius 2 is 1.81 bits per heavy atom. The molecule has 1 fully saturated rings. The number of nitrogens with one attached hydrogen (secondary N) is 1. The van der Waals surface area contributed by atoms with Crippen molar-refractivity contribution in [3.63, 3.8) is 0 Å². The molecule has 1 aliphatic heterocycles. The average molecular weight is 355 g/mol. The lowest BCUT2D eigenvalue weighted by Crippen LogP contribution is -2.51. The first-order valence-electron chi connectivity index (χ1n) is 8.98. The molecule has 3 rings (SSSR count). The normalized spacial score (nSPS) is 15.1. The van der Waals surface area contributed by atoms with Crippen molar-refractivity contribution in [2.45, 2.75) is 13.8 Å². The summed E-state index contributed by atoms with van der Waals surface area (Å²) in [4.78, 5) is 28.5. The van der Waals surface area contributed by atoms with E-state index >= 15 is 0 Å². The molecule has 0 bridgehead atoms. The quantitative estimate of drug-likeness (QED) is 0.871. The molecular weight excluding hydrogens is 330 g/mol. The van der Waals surface area contributed by atoms with Crippen LogP contribution in [0.3, 0.4) is 0 Å². The van der Waals surface area contributed by atoms with Gasteiger partial charge in [0.1, 0.15) is 0 Å². The topological polar surface area (TPSA) is 70.5 Å². The van der Waals surface area contributed by atoms with E-state index in [1.54, 1.807) is 10.9 Å². The number of nitrogens with zero attached hydrogens (tertiary/aromatic N) is 4. The highest BCUT2D eigenvalue weighted by atomic mass is 16.2. The van der Waals surface area contributed by atoms with Crippen molar-refractivity contribution in [2.24, 2.45) is 0 Å². The number of piperazine rings is 1. The maximum atomic E-state index is 12.9. The van der Waals surface area contributed by atoms with Crippen LogP contribution in [0.4, 0.5) is 0 Å². The lowest BCUT2D eigenvalue weighted by Gasteiger charge is -2.34. The number of amides is 2. The first-order chi connectivity index (χ1) is 12.6. The van der Waals surface area contributed by atoms with Crippen LogP contribution in [-0.4, -0.2) is 70.7 Å². The fraction of sp³-hybridized carbons (Fsp3) is 0.421. The van der Waals surface area contributed by atoms with Crippen LogP contribution in [0.25, 0.3) is 5.69 Å². The van der Waals surface area contributed by atoms with Gasteiger partial charge in [-0.05, 0) is 26.0 Å². The maximum absolute atomic E-state index is 12.9. The third-order valence-corrected chi connectivity index (χ3v) is 4.64. The highest BCUT2D eigenvalue weighted by molar-refractivity contribution is 5.95. The third-order valence-electron chi connectivity index (χ3n) is 4.64. The molecule has 0 radical (unpaired) electrons. The summed E-state index contributed by atoms with van der Waals surface area (Å²) in [5, 5.41) is 7.19. The molecule has 1 aromatic heterocycles. The first kappa shape index (κ1) is 18.1. The summed E-state index contributed by atoms with van der Waals surface area (Å²) in [6.45, 7) is 7.50. The van der Waals surface area contributed by atoms with Crippen molar-refractivity contribution in [3.8, 4) is 5.69 Å². The van der Waals surface area contributed by atoms with Crippen LogP contribution in [-0.2, 0) is 4.79 Å². The number of rotatable bonds is 5. The van der Waals surface area contributed by atoms with Gasteiger partial charge in [0.2, 0.25) is 5.91 Å². The summed E-state index contributed by atoms with van der Waals surface area (Å²) >= 11 is 0. The summed E-state index contributed by atoms with van der Waals surface area (Å²) in [5.41, 5.74) is 2.41. The number of hydrogen-bond acceptors (Lipinski definition) is 4. The van der Waals surface area contributed by atoms with E-state index < -0.39 is 0 Å². The van der Waals surface area contributed by atoms with Gasteiger partial charge >= 0.3 is 0 Å². The Hall–Kier alpha value is -2.67. The SMILES string of the molecule is CCNC(=O)CN1CCN(C(=O)c2cnn(-c3ccccc3)c2C)CC1. The number of hydrogen-bond donors (Lipinski definition) is 1. The van der Waals surface area contributed by atoms with Crippen molar-refractivity contribution in [2.75, 3.05) is 39.3 Å². The highest BCUT2D eigenvalue weighted by Gasteiger charge is 2.25. The van der Waals surface area contributed by atoms with Crippen LogP contribution in [0.15, 0.2) is 36.5 Å². The number of aromatic nitrogens is 2. The minimum Gasteiger partial charge on any atom is -0.355 e. The van der Waals surface area contributed by atoms with Gasteiger partial charge in [0, 0.05) is 32.7 Å². The fourth-order valence-electron chi connectivity index (χ4n) is 3.18. The number of carbonyl (C=O) groups is 2. The molecule has 0 atom stereocenters. The van der Waals surface area contributed by atoms with Gasteiger partial charge in [0.25, 0.3) is 5.91 Å². The highest BCUT2D eigenvalue weighted by Crippen LogP contribution is 2.16. The Morgan fingerprint density at radius 3 is 2.46 bits per heavy atom.